The molecule has 0 radical (unpaired) electrons. The summed E-state index contributed by atoms with van der Waals surface area (Å²) in [6, 6.07) is 0. The van der Waals surface area contributed by atoms with Crippen LogP contribution in [0.5, 0.6) is 0 Å². The summed E-state index contributed by atoms with van der Waals surface area (Å²) in [5, 5.41) is 14.7. The number of carboxylic acid groups (broad SMARTS) is 1. The van der Waals surface area contributed by atoms with Crippen LogP contribution < -0.4 is 11.5 Å². The predicted molar refractivity (Wildman–Crippen MR) is 26.5 cm³/mol. The van der Waals surface area contributed by atoms with Crippen molar-refractivity contribution in [3.8, 4) is 6.19 Å². The molecule has 0 spiro atoms. The summed E-state index contributed by atoms with van der Waals surface area (Å²) < 4.78 is 0. The number of carboxylic acids is 1. The first-order chi connectivity index (χ1) is 3.68. The van der Waals surface area contributed by atoms with E-state index in [1.807, 2.05) is 0 Å². The number of rotatable bonds is 1. The van der Waals surface area contributed by atoms with Gasteiger partial charge in [0.25, 0.3) is 0 Å². The van der Waals surface area contributed by atoms with Gasteiger partial charge in [0.15, 0.2) is 6.19 Å². The highest BCUT2D eigenvalue weighted by Gasteiger charge is 1.81. The third-order valence-electron chi connectivity index (χ3n) is 0.175. The van der Waals surface area contributed by atoms with E-state index in [-0.39, 0.29) is 6.54 Å². The molecule has 0 amide bonds. The molecule has 5 nitrogen and oxygen atoms in total. The molecule has 0 fully saturated rings. The molecule has 0 unspecified atom stereocenters. The molecule has 5 N–H and O–H groups in total. The highest BCUT2D eigenvalue weighted by molar-refractivity contribution is 5.68. The van der Waals surface area contributed by atoms with Gasteiger partial charge in [0.05, 0.1) is 6.54 Å². The molecule has 0 saturated carbocycles. The van der Waals surface area contributed by atoms with E-state index in [0.717, 1.165) is 0 Å². The Balaban J connectivity index is 0. The molecule has 0 aromatic carbocycles. The second-order valence-corrected chi connectivity index (χ2v) is 0.727. The zero-order valence-corrected chi connectivity index (χ0v) is 4.16. The van der Waals surface area contributed by atoms with Gasteiger partial charge in [0.2, 0.25) is 0 Å². The van der Waals surface area contributed by atoms with E-state index in [0.29, 0.717) is 0 Å². The van der Waals surface area contributed by atoms with E-state index in [9.17, 15) is 4.79 Å². The Labute approximate surface area is 46.5 Å². The first kappa shape index (κ1) is 9.87. The molecule has 0 aliphatic rings. The van der Waals surface area contributed by atoms with Crippen molar-refractivity contribution in [3.05, 3.63) is 0 Å². The van der Waals surface area contributed by atoms with Crippen LogP contribution in [-0.2, 0) is 4.79 Å². The van der Waals surface area contributed by atoms with Gasteiger partial charge in [-0.15, -0.1) is 0 Å². The van der Waals surface area contributed by atoms with Crippen molar-refractivity contribution in [2.45, 2.75) is 0 Å². The van der Waals surface area contributed by atoms with Crippen molar-refractivity contribution in [1.82, 2.24) is 0 Å². The molecule has 0 saturated heterocycles. The summed E-state index contributed by atoms with van der Waals surface area (Å²) in [5.41, 5.74) is 8.72. The van der Waals surface area contributed by atoms with Crippen molar-refractivity contribution in [2.75, 3.05) is 6.54 Å². The lowest BCUT2D eigenvalue weighted by atomic mass is 10.7. The molecule has 46 valence electrons. The summed E-state index contributed by atoms with van der Waals surface area (Å²) >= 11 is 0. The molecule has 0 aliphatic heterocycles. The van der Waals surface area contributed by atoms with Gasteiger partial charge in [-0.25, -0.2) is 0 Å². The zero-order chi connectivity index (χ0) is 6.99. The molecule has 5 heteroatoms. The third kappa shape index (κ3) is 126. The Morgan fingerprint density at radius 1 is 1.88 bits per heavy atom. The second-order valence-electron chi connectivity index (χ2n) is 0.727. The second kappa shape index (κ2) is 9.21. The van der Waals surface area contributed by atoms with E-state index >= 15 is 0 Å². The fourth-order valence-corrected chi connectivity index (χ4v) is 0. The largest absolute Gasteiger partial charge is 0.480 e. The average molecular weight is 117 g/mol. The van der Waals surface area contributed by atoms with Crippen LogP contribution >= 0.6 is 0 Å². The van der Waals surface area contributed by atoms with Gasteiger partial charge in [0, 0.05) is 0 Å². The van der Waals surface area contributed by atoms with Crippen molar-refractivity contribution in [3.63, 3.8) is 0 Å². The fraction of sp³-hybridized carbons (Fsp3) is 0.333. The molecule has 0 rings (SSSR count). The van der Waals surface area contributed by atoms with E-state index in [1.165, 1.54) is 6.19 Å². The highest BCUT2D eigenvalue weighted by Crippen LogP contribution is 1.43. The summed E-state index contributed by atoms with van der Waals surface area (Å²) in [5.74, 6) is -0.968. The van der Waals surface area contributed by atoms with Gasteiger partial charge in [-0.05, 0) is 0 Å². The SMILES string of the molecule is N#CN.NCC(=O)O. The molecule has 0 atom stereocenters. The molecular formula is C3H7N3O2. The van der Waals surface area contributed by atoms with Crippen LogP contribution in [0.3, 0.4) is 0 Å². The Hall–Kier alpha value is -1.28. The number of hydrogen-bond donors (Lipinski definition) is 3. The zero-order valence-electron chi connectivity index (χ0n) is 4.16. The van der Waals surface area contributed by atoms with Gasteiger partial charge in [-0.3, -0.25) is 4.79 Å². The molecule has 0 aliphatic carbocycles. The van der Waals surface area contributed by atoms with Gasteiger partial charge < -0.3 is 16.6 Å². The quantitative estimate of drug-likeness (QED) is 0.284. The van der Waals surface area contributed by atoms with Gasteiger partial charge in [0.1, 0.15) is 0 Å². The predicted octanol–water partition coefficient (Wildman–Crippen LogP) is -1.54. The third-order valence-corrected chi connectivity index (χ3v) is 0.175. The molecule has 0 bridgehead atoms. The van der Waals surface area contributed by atoms with Crippen LogP contribution in [0.15, 0.2) is 0 Å². The number of nitriles is 1. The van der Waals surface area contributed by atoms with Crippen molar-refractivity contribution in [1.29, 1.82) is 5.26 Å². The van der Waals surface area contributed by atoms with E-state index < -0.39 is 5.97 Å². The monoisotopic (exact) mass is 117 g/mol. The topological polar surface area (TPSA) is 113 Å². The molecule has 0 aromatic rings. The Kier molecular flexibility index (Phi) is 11.4. The van der Waals surface area contributed by atoms with Gasteiger partial charge >= 0.3 is 5.97 Å². The number of nitrogens with zero attached hydrogens (tertiary/aromatic N) is 1. The Morgan fingerprint density at radius 2 is 2.00 bits per heavy atom. The standard InChI is InChI=1S/C2H5NO2.CH2N2/c3-1-2(4)5;2-1-3/h1,3H2,(H,4,5);2H2. The molecule has 0 heterocycles. The van der Waals surface area contributed by atoms with E-state index in [1.54, 1.807) is 0 Å². The van der Waals surface area contributed by atoms with Crippen molar-refractivity contribution in [2.24, 2.45) is 11.5 Å². The lowest BCUT2D eigenvalue weighted by Gasteiger charge is -1.73. The Bertz CT molecular complexity index is 95.2. The minimum absolute atomic E-state index is 0.278. The lowest BCUT2D eigenvalue weighted by Crippen LogP contribution is -2.10. The lowest BCUT2D eigenvalue weighted by molar-refractivity contribution is -0.135. The average Bonchev–Trinajstić information content (AvgIpc) is 1.69. The van der Waals surface area contributed by atoms with Crippen molar-refractivity contribution < 1.29 is 9.90 Å². The molecular weight excluding hydrogens is 110 g/mol. The van der Waals surface area contributed by atoms with Crippen LogP contribution in [-0.4, -0.2) is 17.6 Å². The van der Waals surface area contributed by atoms with Crippen LogP contribution in [0.25, 0.3) is 0 Å². The number of nitrogens with two attached hydrogens (primary N) is 2. The smallest absolute Gasteiger partial charge is 0.317 e. The van der Waals surface area contributed by atoms with Crippen LogP contribution in [0.2, 0.25) is 0 Å². The van der Waals surface area contributed by atoms with Crippen LogP contribution in [0.4, 0.5) is 0 Å². The maximum absolute atomic E-state index is 9.24. The number of aliphatic carboxylic acids is 1. The van der Waals surface area contributed by atoms with E-state index in [4.69, 9.17) is 10.4 Å². The fourth-order valence-electron chi connectivity index (χ4n) is 0. The summed E-state index contributed by atoms with van der Waals surface area (Å²) in [6.07, 6.45) is 1.25. The first-order valence-electron chi connectivity index (χ1n) is 1.70. The maximum Gasteiger partial charge on any atom is 0.317 e. The summed E-state index contributed by atoms with van der Waals surface area (Å²) in [7, 11) is 0. The minimum Gasteiger partial charge on any atom is -0.480 e. The molecule has 0 aromatic heterocycles. The Morgan fingerprint density at radius 3 is 2.00 bits per heavy atom. The van der Waals surface area contributed by atoms with E-state index in [2.05, 4.69) is 11.5 Å². The minimum atomic E-state index is -0.968. The van der Waals surface area contributed by atoms with Gasteiger partial charge in [-0.1, -0.05) is 0 Å². The number of hydrogen-bond acceptors (Lipinski definition) is 4. The van der Waals surface area contributed by atoms with Crippen LogP contribution in [0.1, 0.15) is 0 Å². The normalized spacial score (nSPS) is 5.50. The summed E-state index contributed by atoms with van der Waals surface area (Å²) in [6.45, 7) is -0.278. The van der Waals surface area contributed by atoms with Gasteiger partial charge in [-0.2, -0.15) is 5.26 Å². The van der Waals surface area contributed by atoms with Crippen LogP contribution in [0, 0.1) is 11.5 Å². The summed E-state index contributed by atoms with van der Waals surface area (Å²) in [4.78, 5) is 9.24. The van der Waals surface area contributed by atoms with Crippen molar-refractivity contribution >= 4 is 5.97 Å². The first-order valence-corrected chi connectivity index (χ1v) is 1.70. The maximum atomic E-state index is 9.24. The molecule has 8 heavy (non-hydrogen) atoms. The number of carbonyl (C=O) groups is 1. The highest BCUT2D eigenvalue weighted by atomic mass is 16.4.